The zero-order valence-electron chi connectivity index (χ0n) is 16.7. The Labute approximate surface area is 171 Å². The van der Waals surface area contributed by atoms with Crippen LogP contribution < -0.4 is 10.6 Å². The summed E-state index contributed by atoms with van der Waals surface area (Å²) in [4.78, 5) is 15.8. The summed E-state index contributed by atoms with van der Waals surface area (Å²) in [5, 5.41) is 8.79. The fraction of sp³-hybridized carbons (Fsp3) is 0.304. The maximum absolute atomic E-state index is 8.79. The molecular weight excluding hydrogens is 360 g/mol. The minimum atomic E-state index is 0.311. The van der Waals surface area contributed by atoms with Gasteiger partial charge in [-0.2, -0.15) is 0 Å². The van der Waals surface area contributed by atoms with Gasteiger partial charge in [0.25, 0.3) is 0 Å². The zero-order chi connectivity index (χ0) is 20.2. The summed E-state index contributed by atoms with van der Waals surface area (Å²) in [6.07, 6.45) is 10.0. The van der Waals surface area contributed by atoms with Gasteiger partial charge in [-0.3, -0.25) is 15.4 Å². The molecular formula is C23H26N6. The first-order chi connectivity index (χ1) is 14.1. The standard InChI is InChI=1S/C23H26N6/c1-16-8-9-20(28-23(16)29-11-4-2-3-5-12-29)22(25)18-13-21(27-15-19(18)24)17-7-6-10-26-14-17/h6-10,13-15,25H,2-5,11-12,24H2,1H3. The first kappa shape index (κ1) is 19.1. The van der Waals surface area contributed by atoms with Crippen LogP contribution in [-0.2, 0) is 0 Å². The van der Waals surface area contributed by atoms with Crippen LogP contribution in [0.15, 0.2) is 48.9 Å². The van der Waals surface area contributed by atoms with Gasteiger partial charge < -0.3 is 10.6 Å². The number of nitrogens with zero attached hydrogens (tertiary/aromatic N) is 4. The van der Waals surface area contributed by atoms with Crippen molar-refractivity contribution >= 4 is 17.2 Å². The molecule has 3 aromatic rings. The van der Waals surface area contributed by atoms with Gasteiger partial charge in [-0.05, 0) is 49.6 Å². The van der Waals surface area contributed by atoms with Crippen LogP contribution in [0.5, 0.6) is 0 Å². The van der Waals surface area contributed by atoms with Crippen molar-refractivity contribution in [1.29, 1.82) is 5.41 Å². The largest absolute Gasteiger partial charge is 0.397 e. The van der Waals surface area contributed by atoms with Gasteiger partial charge >= 0.3 is 0 Å². The van der Waals surface area contributed by atoms with Crippen LogP contribution in [0.2, 0.25) is 0 Å². The zero-order valence-corrected chi connectivity index (χ0v) is 16.7. The molecule has 0 unspecified atom stereocenters. The molecule has 0 atom stereocenters. The molecule has 3 aromatic heterocycles. The second-order valence-electron chi connectivity index (χ2n) is 7.51. The Kier molecular flexibility index (Phi) is 5.51. The van der Waals surface area contributed by atoms with Crippen molar-refractivity contribution in [3.8, 4) is 11.3 Å². The van der Waals surface area contributed by atoms with Gasteiger partial charge in [-0.25, -0.2) is 4.98 Å². The minimum absolute atomic E-state index is 0.311. The third-order valence-electron chi connectivity index (χ3n) is 5.39. The maximum atomic E-state index is 8.79. The summed E-state index contributed by atoms with van der Waals surface area (Å²) >= 11 is 0. The number of nitrogens with one attached hydrogen (secondary N) is 1. The van der Waals surface area contributed by atoms with Gasteiger partial charge in [0.1, 0.15) is 5.82 Å². The van der Waals surface area contributed by atoms with Crippen LogP contribution in [0.4, 0.5) is 11.5 Å². The molecule has 3 N–H and O–H groups in total. The van der Waals surface area contributed by atoms with Crippen molar-refractivity contribution in [2.45, 2.75) is 32.6 Å². The Morgan fingerprint density at radius 3 is 2.59 bits per heavy atom. The normalized spacial score (nSPS) is 14.4. The molecule has 1 aliphatic heterocycles. The molecule has 6 heteroatoms. The number of aromatic nitrogens is 3. The van der Waals surface area contributed by atoms with Gasteiger partial charge in [0.15, 0.2) is 0 Å². The van der Waals surface area contributed by atoms with E-state index in [0.717, 1.165) is 35.7 Å². The fourth-order valence-corrected chi connectivity index (χ4v) is 3.75. The second-order valence-corrected chi connectivity index (χ2v) is 7.51. The average Bonchev–Trinajstić information content (AvgIpc) is 3.04. The third-order valence-corrected chi connectivity index (χ3v) is 5.39. The smallest absolute Gasteiger partial charge is 0.132 e. The number of nitrogen functional groups attached to an aromatic ring is 1. The Balaban J connectivity index is 1.69. The van der Waals surface area contributed by atoms with Crippen LogP contribution in [0.25, 0.3) is 11.3 Å². The van der Waals surface area contributed by atoms with Gasteiger partial charge in [0, 0.05) is 36.6 Å². The predicted molar refractivity (Wildman–Crippen MR) is 117 cm³/mol. The minimum Gasteiger partial charge on any atom is -0.397 e. The van der Waals surface area contributed by atoms with E-state index in [1.165, 1.54) is 25.7 Å². The average molecular weight is 387 g/mol. The van der Waals surface area contributed by atoms with E-state index in [1.807, 2.05) is 24.3 Å². The Bertz CT molecular complexity index is 1010. The van der Waals surface area contributed by atoms with E-state index in [-0.39, 0.29) is 0 Å². The molecule has 4 rings (SSSR count). The molecule has 0 saturated carbocycles. The molecule has 6 nitrogen and oxygen atoms in total. The van der Waals surface area contributed by atoms with Gasteiger partial charge in [-0.15, -0.1) is 0 Å². The molecule has 0 aromatic carbocycles. The first-order valence-electron chi connectivity index (χ1n) is 10.1. The van der Waals surface area contributed by atoms with Gasteiger partial charge in [0.05, 0.1) is 29.0 Å². The Morgan fingerprint density at radius 2 is 1.86 bits per heavy atom. The van der Waals surface area contributed by atoms with Crippen LogP contribution in [0.1, 0.15) is 42.5 Å². The number of hydrogen-bond acceptors (Lipinski definition) is 6. The predicted octanol–water partition coefficient (Wildman–Crippen LogP) is 4.23. The van der Waals surface area contributed by atoms with Crippen LogP contribution in [0, 0.1) is 12.3 Å². The molecule has 1 saturated heterocycles. The lowest BCUT2D eigenvalue weighted by Gasteiger charge is -2.24. The number of anilines is 2. The maximum Gasteiger partial charge on any atom is 0.132 e. The molecule has 1 fully saturated rings. The first-order valence-corrected chi connectivity index (χ1v) is 10.1. The van der Waals surface area contributed by atoms with Gasteiger partial charge in [0.2, 0.25) is 0 Å². The summed E-state index contributed by atoms with van der Waals surface area (Å²) in [7, 11) is 0. The highest BCUT2D eigenvalue weighted by Gasteiger charge is 2.17. The molecule has 29 heavy (non-hydrogen) atoms. The van der Waals surface area contributed by atoms with Crippen LogP contribution >= 0.6 is 0 Å². The lowest BCUT2D eigenvalue weighted by atomic mass is 10.0. The molecule has 148 valence electrons. The van der Waals surface area contributed by atoms with E-state index in [1.54, 1.807) is 18.6 Å². The van der Waals surface area contributed by atoms with E-state index in [2.05, 4.69) is 27.9 Å². The van der Waals surface area contributed by atoms with Crippen LogP contribution in [0.3, 0.4) is 0 Å². The second kappa shape index (κ2) is 8.39. The summed E-state index contributed by atoms with van der Waals surface area (Å²) in [6.45, 7) is 4.13. The SMILES string of the molecule is Cc1ccc(C(=N)c2cc(-c3cccnc3)ncc2N)nc1N1CCCCCC1. The van der Waals surface area contributed by atoms with Gasteiger partial charge in [-0.1, -0.05) is 18.9 Å². The van der Waals surface area contributed by atoms with Crippen molar-refractivity contribution in [1.82, 2.24) is 15.0 Å². The van der Waals surface area contributed by atoms with E-state index < -0.39 is 0 Å². The topological polar surface area (TPSA) is 91.8 Å². The lowest BCUT2D eigenvalue weighted by Crippen LogP contribution is -2.26. The molecule has 1 aliphatic rings. The Morgan fingerprint density at radius 1 is 1.07 bits per heavy atom. The van der Waals surface area contributed by atoms with Crippen molar-refractivity contribution in [3.63, 3.8) is 0 Å². The number of rotatable bonds is 4. The van der Waals surface area contributed by atoms with E-state index in [9.17, 15) is 0 Å². The number of hydrogen-bond donors (Lipinski definition) is 2. The Hall–Kier alpha value is -3.28. The number of pyridine rings is 3. The summed E-state index contributed by atoms with van der Waals surface area (Å²) in [6, 6.07) is 9.62. The lowest BCUT2D eigenvalue weighted by molar-refractivity contribution is 0.726. The molecule has 0 spiro atoms. The molecule has 0 aliphatic carbocycles. The highest BCUT2D eigenvalue weighted by atomic mass is 15.2. The summed E-state index contributed by atoms with van der Waals surface area (Å²) < 4.78 is 0. The summed E-state index contributed by atoms with van der Waals surface area (Å²) in [5.74, 6) is 0.981. The van der Waals surface area contributed by atoms with Crippen molar-refractivity contribution in [3.05, 3.63) is 65.7 Å². The summed E-state index contributed by atoms with van der Waals surface area (Å²) in [5.41, 5.74) is 11.0. The molecule has 0 radical (unpaired) electrons. The molecule has 0 amide bonds. The highest BCUT2D eigenvalue weighted by molar-refractivity contribution is 6.13. The van der Waals surface area contributed by atoms with E-state index in [4.69, 9.17) is 16.1 Å². The van der Waals surface area contributed by atoms with E-state index in [0.29, 0.717) is 22.7 Å². The highest BCUT2D eigenvalue weighted by Crippen LogP contribution is 2.25. The third kappa shape index (κ3) is 4.11. The molecule has 4 heterocycles. The quantitative estimate of drug-likeness (QED) is 0.655. The van der Waals surface area contributed by atoms with Crippen molar-refractivity contribution in [2.75, 3.05) is 23.7 Å². The molecule has 0 bridgehead atoms. The number of aryl methyl sites for hydroxylation is 1. The van der Waals surface area contributed by atoms with E-state index >= 15 is 0 Å². The number of nitrogens with two attached hydrogens (primary N) is 1. The monoisotopic (exact) mass is 386 g/mol. The van der Waals surface area contributed by atoms with Crippen molar-refractivity contribution < 1.29 is 0 Å². The van der Waals surface area contributed by atoms with Crippen molar-refractivity contribution in [2.24, 2.45) is 0 Å². The fourth-order valence-electron chi connectivity index (χ4n) is 3.75. The van der Waals surface area contributed by atoms with Crippen LogP contribution in [-0.4, -0.2) is 33.8 Å².